The minimum Gasteiger partial charge on any atom is -0.481 e. The van der Waals surface area contributed by atoms with Crippen molar-refractivity contribution >= 4 is 5.97 Å². The van der Waals surface area contributed by atoms with E-state index in [1.165, 1.54) is 6.26 Å². The lowest BCUT2D eigenvalue weighted by Crippen LogP contribution is -2.17. The fourth-order valence-electron chi connectivity index (χ4n) is 1.29. The van der Waals surface area contributed by atoms with E-state index in [0.29, 0.717) is 6.42 Å². The quantitative estimate of drug-likeness (QED) is 0.731. The van der Waals surface area contributed by atoms with E-state index in [4.69, 9.17) is 5.11 Å². The van der Waals surface area contributed by atoms with Gasteiger partial charge in [0, 0.05) is 12.5 Å². The molecule has 1 aromatic heterocycles. The highest BCUT2D eigenvalue weighted by Crippen LogP contribution is 2.48. The molecular formula is C8H9NO3. The summed E-state index contributed by atoms with van der Waals surface area (Å²) in [6.45, 7) is 0. The van der Waals surface area contributed by atoms with Crippen molar-refractivity contribution in [1.82, 2.24) is 5.16 Å². The Bertz CT molecular complexity index is 287. The molecule has 0 unspecified atom stereocenters. The second-order valence-electron chi connectivity index (χ2n) is 3.25. The molecule has 2 rings (SSSR count). The molecule has 0 aromatic carbocycles. The molecule has 1 aromatic rings. The molecule has 0 saturated heterocycles. The minimum atomic E-state index is -0.717. The molecule has 4 nitrogen and oxygen atoms in total. The fourth-order valence-corrected chi connectivity index (χ4v) is 1.29. The van der Waals surface area contributed by atoms with Crippen molar-refractivity contribution < 1.29 is 14.4 Å². The smallest absolute Gasteiger partial charge is 0.310 e. The lowest BCUT2D eigenvalue weighted by molar-refractivity contribution is -0.143. The Morgan fingerprint density at radius 1 is 1.75 bits per heavy atom. The van der Waals surface area contributed by atoms with E-state index in [9.17, 15) is 4.79 Å². The van der Waals surface area contributed by atoms with Gasteiger partial charge in [0.2, 0.25) is 0 Å². The molecule has 0 aliphatic heterocycles. The van der Waals surface area contributed by atoms with E-state index in [2.05, 4.69) is 9.68 Å². The third-order valence-electron chi connectivity index (χ3n) is 2.32. The molecule has 1 aliphatic rings. The van der Waals surface area contributed by atoms with Crippen LogP contribution in [-0.2, 0) is 11.2 Å². The van der Waals surface area contributed by atoms with Gasteiger partial charge in [-0.3, -0.25) is 4.79 Å². The third-order valence-corrected chi connectivity index (χ3v) is 2.32. The Morgan fingerprint density at radius 2 is 2.50 bits per heavy atom. The lowest BCUT2D eigenvalue weighted by atomic mass is 10.0. The molecular weight excluding hydrogens is 158 g/mol. The number of aliphatic carboxylic acids is 1. The van der Waals surface area contributed by atoms with Crippen LogP contribution in [-0.4, -0.2) is 16.2 Å². The van der Waals surface area contributed by atoms with Gasteiger partial charge in [0.25, 0.3) is 0 Å². The largest absolute Gasteiger partial charge is 0.481 e. The summed E-state index contributed by atoms with van der Waals surface area (Å²) in [5.74, 6) is -0.717. The first-order chi connectivity index (χ1) is 5.73. The van der Waals surface area contributed by atoms with Crippen LogP contribution < -0.4 is 0 Å². The average molecular weight is 167 g/mol. The van der Waals surface area contributed by atoms with E-state index >= 15 is 0 Å². The number of rotatable bonds is 3. The normalized spacial score (nSPS) is 19.0. The molecule has 4 heteroatoms. The summed E-state index contributed by atoms with van der Waals surface area (Å²) in [5, 5.41) is 12.5. The first-order valence-electron chi connectivity index (χ1n) is 3.86. The summed E-state index contributed by atoms with van der Waals surface area (Å²) in [4.78, 5) is 10.8. The maximum Gasteiger partial charge on any atom is 0.310 e. The minimum absolute atomic E-state index is 0.499. The molecule has 64 valence electrons. The second kappa shape index (κ2) is 2.33. The maximum atomic E-state index is 10.8. The van der Waals surface area contributed by atoms with Gasteiger partial charge in [0.05, 0.1) is 11.1 Å². The molecule has 1 heterocycles. The number of hydrogen-bond acceptors (Lipinski definition) is 3. The van der Waals surface area contributed by atoms with Crippen LogP contribution in [0, 0.1) is 5.41 Å². The summed E-state index contributed by atoms with van der Waals surface area (Å²) >= 11 is 0. The Kier molecular flexibility index (Phi) is 1.43. The molecule has 12 heavy (non-hydrogen) atoms. The van der Waals surface area contributed by atoms with Gasteiger partial charge in [-0.25, -0.2) is 0 Å². The van der Waals surface area contributed by atoms with Gasteiger partial charge in [0.1, 0.15) is 6.26 Å². The predicted molar refractivity (Wildman–Crippen MR) is 39.5 cm³/mol. The zero-order chi connectivity index (χ0) is 8.60. The van der Waals surface area contributed by atoms with Crippen LogP contribution in [0.25, 0.3) is 0 Å². The van der Waals surface area contributed by atoms with E-state index in [1.54, 1.807) is 6.07 Å². The summed E-state index contributed by atoms with van der Waals surface area (Å²) in [6, 6.07) is 1.71. The van der Waals surface area contributed by atoms with Crippen LogP contribution >= 0.6 is 0 Å². The monoisotopic (exact) mass is 167 g/mol. The molecule has 0 spiro atoms. The highest BCUT2D eigenvalue weighted by atomic mass is 16.5. The number of carboxylic acid groups (broad SMARTS) is 1. The Labute approximate surface area is 69.2 Å². The maximum absolute atomic E-state index is 10.8. The van der Waals surface area contributed by atoms with Crippen molar-refractivity contribution in [1.29, 1.82) is 0 Å². The highest BCUT2D eigenvalue weighted by Gasteiger charge is 2.50. The lowest BCUT2D eigenvalue weighted by Gasteiger charge is -2.04. The number of carbonyl (C=O) groups is 1. The van der Waals surface area contributed by atoms with E-state index in [-0.39, 0.29) is 0 Å². The van der Waals surface area contributed by atoms with Crippen molar-refractivity contribution in [3.05, 3.63) is 18.0 Å². The topological polar surface area (TPSA) is 63.3 Å². The van der Waals surface area contributed by atoms with E-state index < -0.39 is 11.4 Å². The van der Waals surface area contributed by atoms with E-state index in [0.717, 1.165) is 18.5 Å². The number of aromatic nitrogens is 1. The Hall–Kier alpha value is -1.32. The SMILES string of the molecule is O=C(O)C1(Cc2ccon2)CC1. The standard InChI is InChI=1S/C8H9NO3/c10-7(11)8(2-3-8)5-6-1-4-12-9-6/h1,4H,2-3,5H2,(H,10,11). The van der Waals surface area contributed by atoms with Gasteiger partial charge in [-0.05, 0) is 12.8 Å². The fraction of sp³-hybridized carbons (Fsp3) is 0.500. The zero-order valence-electron chi connectivity index (χ0n) is 6.49. The number of carboxylic acids is 1. The van der Waals surface area contributed by atoms with Crippen molar-refractivity contribution in [2.45, 2.75) is 19.3 Å². The van der Waals surface area contributed by atoms with Gasteiger partial charge in [-0.1, -0.05) is 5.16 Å². The van der Waals surface area contributed by atoms with Crippen LogP contribution in [0.5, 0.6) is 0 Å². The van der Waals surface area contributed by atoms with Gasteiger partial charge >= 0.3 is 5.97 Å². The second-order valence-corrected chi connectivity index (χ2v) is 3.25. The van der Waals surface area contributed by atoms with Crippen LogP contribution in [0.2, 0.25) is 0 Å². The molecule has 1 saturated carbocycles. The first-order valence-corrected chi connectivity index (χ1v) is 3.86. The zero-order valence-corrected chi connectivity index (χ0v) is 6.49. The van der Waals surface area contributed by atoms with Crippen LogP contribution in [0.3, 0.4) is 0 Å². The molecule has 1 fully saturated rings. The summed E-state index contributed by atoms with van der Waals surface area (Å²) in [6.07, 6.45) is 3.48. The summed E-state index contributed by atoms with van der Waals surface area (Å²) < 4.78 is 4.62. The van der Waals surface area contributed by atoms with Gasteiger partial charge in [-0.2, -0.15) is 0 Å². The highest BCUT2D eigenvalue weighted by molar-refractivity contribution is 5.78. The molecule has 0 radical (unpaired) electrons. The van der Waals surface area contributed by atoms with Crippen molar-refractivity contribution in [2.24, 2.45) is 5.41 Å². The van der Waals surface area contributed by atoms with Gasteiger partial charge in [0.15, 0.2) is 0 Å². The molecule has 1 aliphatic carbocycles. The number of hydrogen-bond donors (Lipinski definition) is 1. The third kappa shape index (κ3) is 1.09. The van der Waals surface area contributed by atoms with E-state index in [1.807, 2.05) is 0 Å². The predicted octanol–water partition coefficient (Wildman–Crippen LogP) is 1.08. The molecule has 0 bridgehead atoms. The average Bonchev–Trinajstić information content (AvgIpc) is 2.60. The Balaban J connectivity index is 2.09. The van der Waals surface area contributed by atoms with Crippen molar-refractivity contribution in [3.8, 4) is 0 Å². The molecule has 0 amide bonds. The van der Waals surface area contributed by atoms with Crippen molar-refractivity contribution in [2.75, 3.05) is 0 Å². The molecule has 1 N–H and O–H groups in total. The first kappa shape index (κ1) is 7.34. The number of nitrogens with zero attached hydrogens (tertiary/aromatic N) is 1. The molecule has 0 atom stereocenters. The van der Waals surface area contributed by atoms with Crippen molar-refractivity contribution in [3.63, 3.8) is 0 Å². The van der Waals surface area contributed by atoms with Gasteiger partial charge in [-0.15, -0.1) is 0 Å². The Morgan fingerprint density at radius 3 is 2.92 bits per heavy atom. The van der Waals surface area contributed by atoms with Crippen LogP contribution in [0.4, 0.5) is 0 Å². The van der Waals surface area contributed by atoms with Crippen LogP contribution in [0.1, 0.15) is 18.5 Å². The van der Waals surface area contributed by atoms with Crippen LogP contribution in [0.15, 0.2) is 16.9 Å². The summed E-state index contributed by atoms with van der Waals surface area (Å²) in [7, 11) is 0. The van der Waals surface area contributed by atoms with Gasteiger partial charge < -0.3 is 9.63 Å². The summed E-state index contributed by atoms with van der Waals surface area (Å²) in [5.41, 5.74) is 0.201.